The molecule has 4 aliphatic carbocycles. The Hall–Kier alpha value is -2.35. The van der Waals surface area contributed by atoms with E-state index in [4.69, 9.17) is 4.74 Å². The van der Waals surface area contributed by atoms with Gasteiger partial charge in [0.1, 0.15) is 6.10 Å². The van der Waals surface area contributed by atoms with Gasteiger partial charge in [-0.2, -0.15) is 0 Å². The number of rotatable bonds is 6. The van der Waals surface area contributed by atoms with Crippen molar-refractivity contribution < 1.29 is 9.53 Å². The van der Waals surface area contributed by atoms with E-state index in [1.807, 2.05) is 0 Å². The van der Waals surface area contributed by atoms with E-state index in [0.717, 1.165) is 48.9 Å². The molecule has 6 rings (SSSR count). The smallest absolute Gasteiger partial charge is 0.302 e. The maximum absolute atomic E-state index is 11.6. The van der Waals surface area contributed by atoms with Crippen LogP contribution in [0.1, 0.15) is 103 Å². The van der Waals surface area contributed by atoms with Crippen LogP contribution in [0.2, 0.25) is 0 Å². The predicted molar refractivity (Wildman–Crippen MR) is 165 cm³/mol. The Morgan fingerprint density at radius 1 is 0.850 bits per heavy atom. The maximum atomic E-state index is 11.6. The van der Waals surface area contributed by atoms with Crippen molar-refractivity contribution in [3.8, 4) is 0 Å². The van der Waals surface area contributed by atoms with Crippen LogP contribution in [0.3, 0.4) is 0 Å². The van der Waals surface area contributed by atoms with Gasteiger partial charge in [0.15, 0.2) is 0 Å². The van der Waals surface area contributed by atoms with E-state index in [1.165, 1.54) is 61.6 Å². The summed E-state index contributed by atoms with van der Waals surface area (Å²) >= 11 is 0. The molecule has 0 heterocycles. The highest BCUT2D eigenvalue weighted by Crippen LogP contribution is 2.68. The number of esters is 1. The second-order valence-corrected chi connectivity index (χ2v) is 14.5. The average molecular weight is 539 g/mol. The van der Waals surface area contributed by atoms with E-state index in [2.05, 4.69) is 87.5 Å². The van der Waals surface area contributed by atoms with Gasteiger partial charge in [0, 0.05) is 6.92 Å². The van der Waals surface area contributed by atoms with Gasteiger partial charge in [0.25, 0.3) is 0 Å². The van der Waals surface area contributed by atoms with Crippen LogP contribution in [-0.2, 0) is 9.53 Å². The molecule has 9 atom stereocenters. The van der Waals surface area contributed by atoms with Crippen molar-refractivity contribution in [2.45, 2.75) is 98.0 Å². The summed E-state index contributed by atoms with van der Waals surface area (Å²) in [5, 5.41) is 0. The van der Waals surface area contributed by atoms with Gasteiger partial charge >= 0.3 is 5.97 Å². The first kappa shape index (κ1) is 27.8. The summed E-state index contributed by atoms with van der Waals surface area (Å²) in [6.07, 6.45) is 15.6. The maximum Gasteiger partial charge on any atom is 0.302 e. The van der Waals surface area contributed by atoms with Crippen molar-refractivity contribution in [2.24, 2.45) is 46.3 Å². The number of carbonyl (C=O) groups excluding carboxylic acids is 1. The average Bonchev–Trinajstić information content (AvgIpc) is 3.31. The largest absolute Gasteiger partial charge is 0.463 e. The second-order valence-electron chi connectivity index (χ2n) is 14.5. The molecule has 0 amide bonds. The van der Waals surface area contributed by atoms with Crippen LogP contribution in [0.4, 0.5) is 0 Å². The topological polar surface area (TPSA) is 26.3 Å². The third-order valence-electron chi connectivity index (χ3n) is 12.6. The Labute approximate surface area is 243 Å². The number of hydrogen-bond acceptors (Lipinski definition) is 2. The Balaban J connectivity index is 1.18. The third kappa shape index (κ3) is 4.99. The molecule has 2 heteroatoms. The Kier molecular flexibility index (Phi) is 7.75. The van der Waals surface area contributed by atoms with E-state index in [1.54, 1.807) is 6.92 Å². The molecule has 40 heavy (non-hydrogen) atoms. The molecule has 2 nitrogen and oxygen atoms in total. The molecule has 0 spiro atoms. The molecule has 5 unspecified atom stereocenters. The third-order valence-corrected chi connectivity index (χ3v) is 12.6. The van der Waals surface area contributed by atoms with E-state index in [-0.39, 0.29) is 12.1 Å². The molecule has 2 aromatic carbocycles. The van der Waals surface area contributed by atoms with E-state index in [9.17, 15) is 4.79 Å². The summed E-state index contributed by atoms with van der Waals surface area (Å²) in [5.74, 6) is 4.77. The van der Waals surface area contributed by atoms with Crippen LogP contribution in [-0.4, -0.2) is 12.1 Å². The summed E-state index contributed by atoms with van der Waals surface area (Å²) in [6.45, 7) is 9.43. The first-order chi connectivity index (χ1) is 19.3. The van der Waals surface area contributed by atoms with Crippen molar-refractivity contribution in [2.75, 3.05) is 0 Å². The minimum Gasteiger partial charge on any atom is -0.463 e. The lowest BCUT2D eigenvalue weighted by molar-refractivity contribution is -0.160. The monoisotopic (exact) mass is 538 g/mol. The molecule has 4 saturated carbocycles. The van der Waals surface area contributed by atoms with Crippen LogP contribution >= 0.6 is 0 Å². The molecule has 0 saturated heterocycles. The van der Waals surface area contributed by atoms with Crippen molar-refractivity contribution in [1.82, 2.24) is 0 Å². The van der Waals surface area contributed by atoms with Crippen LogP contribution in [0.15, 0.2) is 66.7 Å². The summed E-state index contributed by atoms with van der Waals surface area (Å²) in [5.41, 5.74) is 4.95. The SMILES string of the molecule is CC(=O)O[C@@H]1CC[C@]2(C)C3CC[C@]4(C)C(C(C)CC=C(c5ccccc5)c5ccccc5)CCC4C3CC[C@@H]2C1. The quantitative estimate of drug-likeness (QED) is 0.342. The number of benzene rings is 2. The molecule has 214 valence electrons. The molecule has 0 radical (unpaired) electrons. The summed E-state index contributed by atoms with van der Waals surface area (Å²) in [4.78, 5) is 11.6. The number of fused-ring (bicyclic) bond motifs is 5. The van der Waals surface area contributed by atoms with Crippen LogP contribution in [0, 0.1) is 46.3 Å². The predicted octanol–water partition coefficient (Wildman–Crippen LogP) is 9.74. The van der Waals surface area contributed by atoms with Crippen LogP contribution in [0.5, 0.6) is 0 Å². The van der Waals surface area contributed by atoms with Gasteiger partial charge in [-0.05, 0) is 127 Å². The van der Waals surface area contributed by atoms with Gasteiger partial charge in [0.05, 0.1) is 0 Å². The number of hydrogen-bond donors (Lipinski definition) is 0. The number of carbonyl (C=O) groups is 1. The Morgan fingerprint density at radius 2 is 1.48 bits per heavy atom. The van der Waals surface area contributed by atoms with Crippen molar-refractivity contribution in [3.05, 3.63) is 77.9 Å². The molecule has 0 bridgehead atoms. The number of ether oxygens (including phenoxy) is 1. The highest BCUT2D eigenvalue weighted by Gasteiger charge is 2.60. The lowest BCUT2D eigenvalue weighted by Crippen LogP contribution is -2.54. The van der Waals surface area contributed by atoms with Gasteiger partial charge in [0.2, 0.25) is 0 Å². The van der Waals surface area contributed by atoms with E-state index >= 15 is 0 Å². The Bertz CT molecular complexity index is 1160. The Morgan fingerprint density at radius 3 is 2.12 bits per heavy atom. The fraction of sp³-hybridized carbons (Fsp3) is 0.605. The van der Waals surface area contributed by atoms with Gasteiger partial charge in [-0.1, -0.05) is 87.5 Å². The second kappa shape index (κ2) is 11.1. The molecule has 2 aromatic rings. The zero-order valence-corrected chi connectivity index (χ0v) is 25.3. The fourth-order valence-electron chi connectivity index (χ4n) is 10.6. The van der Waals surface area contributed by atoms with Gasteiger partial charge in [-0.15, -0.1) is 0 Å². The zero-order chi connectivity index (χ0) is 27.9. The summed E-state index contributed by atoms with van der Waals surface area (Å²) in [6, 6.07) is 21.9. The minimum atomic E-state index is -0.101. The van der Waals surface area contributed by atoms with Crippen LogP contribution < -0.4 is 0 Å². The van der Waals surface area contributed by atoms with Crippen molar-refractivity contribution >= 4 is 11.5 Å². The highest BCUT2D eigenvalue weighted by molar-refractivity contribution is 5.79. The van der Waals surface area contributed by atoms with Crippen LogP contribution in [0.25, 0.3) is 5.57 Å². The molecular formula is C38H50O2. The van der Waals surface area contributed by atoms with Gasteiger partial charge < -0.3 is 4.74 Å². The molecule has 4 fully saturated rings. The minimum absolute atomic E-state index is 0.101. The number of allylic oxidation sites excluding steroid dienone is 1. The van der Waals surface area contributed by atoms with Crippen molar-refractivity contribution in [3.63, 3.8) is 0 Å². The van der Waals surface area contributed by atoms with Gasteiger partial charge in [-0.3, -0.25) is 4.79 Å². The van der Waals surface area contributed by atoms with Crippen molar-refractivity contribution in [1.29, 1.82) is 0 Å². The lowest BCUT2D eigenvalue weighted by atomic mass is 9.44. The van der Waals surface area contributed by atoms with E-state index in [0.29, 0.717) is 16.7 Å². The molecular weight excluding hydrogens is 488 g/mol. The standard InChI is InChI=1S/C38H50O2/c1-26(15-17-32(28-11-7-5-8-12-28)29-13-9-6-10-14-29)34-19-20-35-33-18-16-30-25-31(40-27(2)39)21-23-37(30,3)36(33)22-24-38(34,35)4/h5-14,17,26,30-31,33-36H,15-16,18-25H2,1-4H3/t26?,30-,31-,33?,34?,35?,36?,37+,38-/m1/s1. The molecule has 0 aromatic heterocycles. The van der Waals surface area contributed by atoms with Gasteiger partial charge in [-0.25, -0.2) is 0 Å². The molecule has 0 N–H and O–H groups in total. The summed E-state index contributed by atoms with van der Waals surface area (Å²) < 4.78 is 5.70. The lowest BCUT2D eigenvalue weighted by Gasteiger charge is -2.61. The highest BCUT2D eigenvalue weighted by atomic mass is 16.5. The van der Waals surface area contributed by atoms with E-state index < -0.39 is 0 Å². The molecule has 0 aliphatic heterocycles. The molecule has 4 aliphatic rings. The zero-order valence-electron chi connectivity index (χ0n) is 25.3. The first-order valence-corrected chi connectivity index (χ1v) is 16.3. The fourth-order valence-corrected chi connectivity index (χ4v) is 10.6. The first-order valence-electron chi connectivity index (χ1n) is 16.3. The summed E-state index contributed by atoms with van der Waals surface area (Å²) in [7, 11) is 0. The normalized spacial score (nSPS) is 37.4.